The third-order valence-corrected chi connectivity index (χ3v) is 5.74. The lowest BCUT2D eigenvalue weighted by Gasteiger charge is -2.32. The maximum absolute atomic E-state index is 12.0. The van der Waals surface area contributed by atoms with E-state index in [0.717, 1.165) is 52.4 Å². The standard InChI is InChI=1S/C20H21N3O2S/c1-13-21-18(23-10-6-9-15(11-23)20(24)25-2)17-16(12-26-19(17)22-13)14-7-4-3-5-8-14/h3-5,7-8,12,15H,6,9-11H2,1-2H3/t15-/m0/s1. The van der Waals surface area contributed by atoms with Crippen LogP contribution >= 0.6 is 11.3 Å². The first-order valence-electron chi connectivity index (χ1n) is 8.81. The summed E-state index contributed by atoms with van der Waals surface area (Å²) in [6, 6.07) is 10.3. The zero-order valence-electron chi connectivity index (χ0n) is 14.9. The molecule has 0 aliphatic carbocycles. The van der Waals surface area contributed by atoms with Gasteiger partial charge in [-0.1, -0.05) is 30.3 Å². The monoisotopic (exact) mass is 367 g/mol. The fourth-order valence-corrected chi connectivity index (χ4v) is 4.60. The molecule has 1 fully saturated rings. The molecule has 1 aromatic carbocycles. The summed E-state index contributed by atoms with van der Waals surface area (Å²) >= 11 is 1.64. The Morgan fingerprint density at radius 2 is 2.08 bits per heavy atom. The number of carbonyl (C=O) groups excluding carboxylic acids is 1. The zero-order valence-corrected chi connectivity index (χ0v) is 15.8. The fraction of sp³-hybridized carbons (Fsp3) is 0.350. The molecule has 2 aromatic heterocycles. The van der Waals surface area contributed by atoms with E-state index in [1.54, 1.807) is 11.3 Å². The predicted molar refractivity (Wildman–Crippen MR) is 105 cm³/mol. The quantitative estimate of drug-likeness (QED) is 0.654. The average Bonchev–Trinajstić information content (AvgIpc) is 3.11. The number of hydrogen-bond donors (Lipinski definition) is 0. The highest BCUT2D eigenvalue weighted by Gasteiger charge is 2.29. The van der Waals surface area contributed by atoms with E-state index in [0.29, 0.717) is 6.54 Å². The summed E-state index contributed by atoms with van der Waals surface area (Å²) in [5.41, 5.74) is 2.31. The number of piperidine rings is 1. The van der Waals surface area contributed by atoms with Gasteiger partial charge in [-0.3, -0.25) is 4.79 Å². The Morgan fingerprint density at radius 3 is 2.85 bits per heavy atom. The smallest absolute Gasteiger partial charge is 0.310 e. The van der Waals surface area contributed by atoms with Crippen LogP contribution in [-0.2, 0) is 9.53 Å². The van der Waals surface area contributed by atoms with E-state index >= 15 is 0 Å². The third-order valence-electron chi connectivity index (χ3n) is 4.87. The first-order chi connectivity index (χ1) is 12.7. The molecule has 1 saturated heterocycles. The maximum Gasteiger partial charge on any atom is 0.310 e. The molecule has 0 bridgehead atoms. The summed E-state index contributed by atoms with van der Waals surface area (Å²) in [6.07, 6.45) is 1.82. The van der Waals surface area contributed by atoms with Crippen LogP contribution < -0.4 is 4.90 Å². The van der Waals surface area contributed by atoms with E-state index in [-0.39, 0.29) is 11.9 Å². The van der Waals surface area contributed by atoms with Crippen LogP contribution in [0.15, 0.2) is 35.7 Å². The number of carbonyl (C=O) groups is 1. The van der Waals surface area contributed by atoms with Crippen molar-refractivity contribution in [2.45, 2.75) is 19.8 Å². The van der Waals surface area contributed by atoms with Crippen molar-refractivity contribution in [3.63, 3.8) is 0 Å². The van der Waals surface area contributed by atoms with Gasteiger partial charge in [-0.05, 0) is 25.3 Å². The minimum absolute atomic E-state index is 0.0992. The van der Waals surface area contributed by atoms with Gasteiger partial charge in [0.1, 0.15) is 16.5 Å². The van der Waals surface area contributed by atoms with Crippen LogP contribution in [0.3, 0.4) is 0 Å². The normalized spacial score (nSPS) is 17.5. The summed E-state index contributed by atoms with van der Waals surface area (Å²) in [7, 11) is 1.46. The lowest BCUT2D eigenvalue weighted by molar-refractivity contribution is -0.145. The van der Waals surface area contributed by atoms with Gasteiger partial charge in [0, 0.05) is 24.0 Å². The molecule has 3 heterocycles. The van der Waals surface area contributed by atoms with Gasteiger partial charge in [-0.2, -0.15) is 0 Å². The molecule has 1 aliphatic heterocycles. The molecule has 4 rings (SSSR count). The molecular weight excluding hydrogens is 346 g/mol. The number of rotatable bonds is 3. The first-order valence-corrected chi connectivity index (χ1v) is 9.69. The Kier molecular flexibility index (Phi) is 4.59. The van der Waals surface area contributed by atoms with Crippen LogP contribution in [0.5, 0.6) is 0 Å². The number of methoxy groups -OCH3 is 1. The van der Waals surface area contributed by atoms with E-state index < -0.39 is 0 Å². The van der Waals surface area contributed by atoms with Crippen molar-refractivity contribution in [2.24, 2.45) is 5.92 Å². The number of aryl methyl sites for hydroxylation is 1. The minimum atomic E-state index is -0.134. The Labute approximate surface area is 156 Å². The van der Waals surface area contributed by atoms with Crippen LogP contribution in [-0.4, -0.2) is 36.1 Å². The molecule has 0 N–H and O–H groups in total. The number of thiophene rings is 1. The number of benzene rings is 1. The molecule has 1 aliphatic rings. The van der Waals surface area contributed by atoms with Crippen molar-refractivity contribution in [3.8, 4) is 11.1 Å². The number of anilines is 1. The topological polar surface area (TPSA) is 55.3 Å². The summed E-state index contributed by atoms with van der Waals surface area (Å²) < 4.78 is 4.97. The average molecular weight is 367 g/mol. The molecule has 0 saturated carbocycles. The van der Waals surface area contributed by atoms with E-state index in [1.807, 2.05) is 25.1 Å². The van der Waals surface area contributed by atoms with Crippen molar-refractivity contribution in [2.75, 3.05) is 25.1 Å². The molecule has 0 radical (unpaired) electrons. The first kappa shape index (κ1) is 17.0. The highest BCUT2D eigenvalue weighted by atomic mass is 32.1. The molecule has 6 heteroatoms. The second-order valence-electron chi connectivity index (χ2n) is 6.60. The van der Waals surface area contributed by atoms with Crippen LogP contribution in [0.4, 0.5) is 5.82 Å². The summed E-state index contributed by atoms with van der Waals surface area (Å²) in [5.74, 6) is 1.46. The Hall–Kier alpha value is -2.47. The lowest BCUT2D eigenvalue weighted by Crippen LogP contribution is -2.39. The number of ether oxygens (including phenoxy) is 1. The largest absolute Gasteiger partial charge is 0.469 e. The van der Waals surface area contributed by atoms with Crippen LogP contribution in [0.2, 0.25) is 0 Å². The third kappa shape index (κ3) is 3.05. The van der Waals surface area contributed by atoms with Gasteiger partial charge in [-0.15, -0.1) is 11.3 Å². The fourth-order valence-electron chi connectivity index (χ4n) is 3.61. The molecule has 0 spiro atoms. The number of hydrogen-bond acceptors (Lipinski definition) is 6. The van der Waals surface area contributed by atoms with Crippen molar-refractivity contribution >= 4 is 33.3 Å². The van der Waals surface area contributed by atoms with E-state index in [9.17, 15) is 4.79 Å². The van der Waals surface area contributed by atoms with E-state index in [4.69, 9.17) is 9.72 Å². The Balaban J connectivity index is 1.81. The zero-order chi connectivity index (χ0) is 18.1. The molecule has 0 unspecified atom stereocenters. The van der Waals surface area contributed by atoms with E-state index in [1.165, 1.54) is 7.11 Å². The number of esters is 1. The van der Waals surface area contributed by atoms with Crippen molar-refractivity contribution in [3.05, 3.63) is 41.5 Å². The number of nitrogens with zero attached hydrogens (tertiary/aromatic N) is 3. The number of aromatic nitrogens is 2. The highest BCUT2D eigenvalue weighted by Crippen LogP contribution is 2.39. The van der Waals surface area contributed by atoms with Gasteiger partial charge in [0.15, 0.2) is 0 Å². The molecule has 3 aromatic rings. The molecule has 26 heavy (non-hydrogen) atoms. The molecule has 5 nitrogen and oxygen atoms in total. The predicted octanol–water partition coefficient (Wildman–Crippen LogP) is 4.06. The van der Waals surface area contributed by atoms with Gasteiger partial charge in [0.25, 0.3) is 0 Å². The SMILES string of the molecule is COC(=O)[C@H]1CCCN(c2nc(C)nc3scc(-c4ccccc4)c23)C1. The minimum Gasteiger partial charge on any atom is -0.469 e. The van der Waals surface area contributed by atoms with Crippen LogP contribution in [0.25, 0.3) is 21.3 Å². The number of fused-ring (bicyclic) bond motifs is 1. The lowest BCUT2D eigenvalue weighted by atomic mass is 9.97. The molecule has 134 valence electrons. The Bertz CT molecular complexity index is 939. The maximum atomic E-state index is 12.0. The van der Waals surface area contributed by atoms with Crippen molar-refractivity contribution in [1.29, 1.82) is 0 Å². The van der Waals surface area contributed by atoms with Crippen LogP contribution in [0, 0.1) is 12.8 Å². The highest BCUT2D eigenvalue weighted by molar-refractivity contribution is 7.17. The van der Waals surface area contributed by atoms with Crippen molar-refractivity contribution in [1.82, 2.24) is 9.97 Å². The van der Waals surface area contributed by atoms with Gasteiger partial charge in [0.2, 0.25) is 0 Å². The second kappa shape index (κ2) is 7.03. The van der Waals surface area contributed by atoms with Gasteiger partial charge in [-0.25, -0.2) is 9.97 Å². The van der Waals surface area contributed by atoms with Gasteiger partial charge >= 0.3 is 5.97 Å². The summed E-state index contributed by atoms with van der Waals surface area (Å²) in [6.45, 7) is 3.46. The van der Waals surface area contributed by atoms with Crippen molar-refractivity contribution < 1.29 is 9.53 Å². The van der Waals surface area contributed by atoms with Gasteiger partial charge < -0.3 is 9.64 Å². The molecule has 0 amide bonds. The second-order valence-corrected chi connectivity index (χ2v) is 7.46. The molecular formula is C20H21N3O2S. The van der Waals surface area contributed by atoms with Gasteiger partial charge in [0.05, 0.1) is 18.4 Å². The molecule has 1 atom stereocenters. The summed E-state index contributed by atoms with van der Waals surface area (Å²) in [4.78, 5) is 24.7. The van der Waals surface area contributed by atoms with E-state index in [2.05, 4.69) is 27.4 Å². The summed E-state index contributed by atoms with van der Waals surface area (Å²) in [5, 5.41) is 3.23. The Morgan fingerprint density at radius 1 is 1.27 bits per heavy atom. The van der Waals surface area contributed by atoms with Crippen LogP contribution in [0.1, 0.15) is 18.7 Å².